The molecule has 2 aromatic rings. The van der Waals surface area contributed by atoms with Crippen molar-refractivity contribution >= 4 is 41.2 Å². The molecule has 1 aliphatic heterocycles. The number of fused-ring (bicyclic) bond motifs is 5. The number of hydrogen-bond acceptors (Lipinski definition) is 5. The van der Waals surface area contributed by atoms with Gasteiger partial charge in [-0.05, 0) is 60.6 Å². The monoisotopic (exact) mass is 463 g/mol. The second kappa shape index (κ2) is 8.48. The van der Waals surface area contributed by atoms with Crippen LogP contribution in [0.1, 0.15) is 17.5 Å². The number of rotatable bonds is 6. The van der Waals surface area contributed by atoms with Gasteiger partial charge in [0.2, 0.25) is 0 Å². The molecule has 7 nitrogen and oxygen atoms in total. The van der Waals surface area contributed by atoms with E-state index in [1.54, 1.807) is 18.2 Å². The third-order valence-electron chi connectivity index (χ3n) is 6.50. The Kier molecular flexibility index (Phi) is 5.50. The first-order valence-electron chi connectivity index (χ1n) is 10.8. The zero-order valence-corrected chi connectivity index (χ0v) is 18.7. The number of nitrogens with zero attached hydrogens (tertiary/aromatic N) is 2. The van der Waals surface area contributed by atoms with Crippen LogP contribution in [-0.4, -0.2) is 35.6 Å². The maximum atomic E-state index is 12.7. The SMILES string of the molecule is Cc1ccccc1NC(=O)COc1ccc(C=NN2C(=O)C3C4C=CC(C4)C3C2=O)cc1Cl. The number of allylic oxidation sites excluding steroid dienone is 2. The van der Waals surface area contributed by atoms with Crippen LogP contribution >= 0.6 is 11.6 Å². The lowest BCUT2D eigenvalue weighted by Gasteiger charge is -2.13. The van der Waals surface area contributed by atoms with Crippen LogP contribution in [0.2, 0.25) is 5.02 Å². The Hall–Kier alpha value is -3.45. The molecule has 0 aromatic heterocycles. The van der Waals surface area contributed by atoms with Gasteiger partial charge in [-0.1, -0.05) is 42.0 Å². The molecular weight excluding hydrogens is 442 g/mol. The van der Waals surface area contributed by atoms with E-state index in [9.17, 15) is 14.4 Å². The Bertz CT molecular complexity index is 1180. The Morgan fingerprint density at radius 2 is 1.85 bits per heavy atom. The third-order valence-corrected chi connectivity index (χ3v) is 6.80. The van der Waals surface area contributed by atoms with Gasteiger partial charge >= 0.3 is 0 Å². The molecule has 8 heteroatoms. The number of aryl methyl sites for hydroxylation is 1. The Morgan fingerprint density at radius 3 is 2.52 bits per heavy atom. The minimum Gasteiger partial charge on any atom is -0.482 e. The summed E-state index contributed by atoms with van der Waals surface area (Å²) in [5.41, 5.74) is 2.29. The van der Waals surface area contributed by atoms with Crippen LogP contribution in [0.25, 0.3) is 0 Å². The van der Waals surface area contributed by atoms with E-state index < -0.39 is 0 Å². The van der Waals surface area contributed by atoms with Crippen molar-refractivity contribution in [3.63, 3.8) is 0 Å². The van der Waals surface area contributed by atoms with Crippen LogP contribution in [0.5, 0.6) is 5.75 Å². The standard InChI is InChI=1S/C25H22ClN3O4/c1-14-4-2-3-5-19(14)28-21(30)13-33-20-9-6-15(10-18(20)26)12-27-29-24(31)22-16-7-8-17(11-16)23(22)25(29)32/h2-10,12,16-17,22-23H,11,13H2,1H3,(H,28,30). The van der Waals surface area contributed by atoms with Crippen molar-refractivity contribution < 1.29 is 19.1 Å². The molecule has 33 heavy (non-hydrogen) atoms. The van der Waals surface area contributed by atoms with E-state index >= 15 is 0 Å². The third kappa shape index (κ3) is 3.93. The molecule has 168 valence electrons. The largest absolute Gasteiger partial charge is 0.482 e. The van der Waals surface area contributed by atoms with Gasteiger partial charge < -0.3 is 10.1 Å². The van der Waals surface area contributed by atoms with Gasteiger partial charge in [-0.25, -0.2) is 0 Å². The van der Waals surface area contributed by atoms with Gasteiger partial charge in [0, 0.05) is 5.69 Å². The Labute approximate surface area is 196 Å². The van der Waals surface area contributed by atoms with Crippen molar-refractivity contribution in [3.05, 3.63) is 70.8 Å². The number of carbonyl (C=O) groups excluding carboxylic acids is 3. The van der Waals surface area contributed by atoms with Crippen LogP contribution in [0.3, 0.4) is 0 Å². The number of para-hydroxylation sites is 1. The molecule has 3 amide bonds. The quantitative estimate of drug-likeness (QED) is 0.401. The minimum atomic E-state index is -0.300. The first-order valence-corrected chi connectivity index (χ1v) is 11.2. The number of ether oxygens (including phenoxy) is 1. The molecule has 5 rings (SSSR count). The molecule has 0 spiro atoms. The van der Waals surface area contributed by atoms with Gasteiger partial charge in [0.05, 0.1) is 23.1 Å². The van der Waals surface area contributed by atoms with Crippen molar-refractivity contribution in [1.29, 1.82) is 0 Å². The van der Waals surface area contributed by atoms with Crippen LogP contribution in [0.15, 0.2) is 59.7 Å². The topological polar surface area (TPSA) is 88.1 Å². The van der Waals surface area contributed by atoms with Gasteiger partial charge in [0.15, 0.2) is 6.61 Å². The van der Waals surface area contributed by atoms with Gasteiger partial charge in [0.1, 0.15) is 5.75 Å². The van der Waals surface area contributed by atoms with Gasteiger partial charge in [-0.15, -0.1) is 0 Å². The number of nitrogens with one attached hydrogen (secondary N) is 1. The first kappa shape index (κ1) is 21.4. The summed E-state index contributed by atoms with van der Waals surface area (Å²) < 4.78 is 5.54. The molecule has 1 N–H and O–H groups in total. The van der Waals surface area contributed by atoms with Crippen LogP contribution < -0.4 is 10.1 Å². The maximum Gasteiger partial charge on any atom is 0.262 e. The van der Waals surface area contributed by atoms with Crippen LogP contribution in [0.4, 0.5) is 5.69 Å². The normalized spacial score (nSPS) is 25.2. The van der Waals surface area contributed by atoms with Crippen molar-refractivity contribution in [1.82, 2.24) is 5.01 Å². The van der Waals surface area contributed by atoms with E-state index in [1.165, 1.54) is 6.21 Å². The molecule has 3 aliphatic rings. The Balaban J connectivity index is 1.20. The molecule has 0 radical (unpaired) electrons. The lowest BCUT2D eigenvalue weighted by molar-refractivity contribution is -0.140. The van der Waals surface area contributed by atoms with Crippen molar-refractivity contribution in [3.8, 4) is 5.75 Å². The number of hydrogen-bond donors (Lipinski definition) is 1. The first-order chi connectivity index (χ1) is 15.9. The van der Waals surface area contributed by atoms with E-state index in [2.05, 4.69) is 10.4 Å². The molecular formula is C25H22ClN3O4. The molecule has 4 unspecified atom stereocenters. The van der Waals surface area contributed by atoms with Crippen molar-refractivity contribution in [2.24, 2.45) is 28.8 Å². The lowest BCUT2D eigenvalue weighted by Crippen LogP contribution is -2.28. The number of hydrazone groups is 1. The fraction of sp³-hybridized carbons (Fsp3) is 0.280. The molecule has 2 fully saturated rings. The van der Waals surface area contributed by atoms with E-state index in [-0.39, 0.29) is 48.0 Å². The molecule has 1 saturated carbocycles. The van der Waals surface area contributed by atoms with Gasteiger partial charge in [-0.2, -0.15) is 10.1 Å². The highest BCUT2D eigenvalue weighted by atomic mass is 35.5. The molecule has 1 heterocycles. The lowest BCUT2D eigenvalue weighted by atomic mass is 9.85. The fourth-order valence-electron chi connectivity index (χ4n) is 4.88. The molecule has 2 bridgehead atoms. The van der Waals surface area contributed by atoms with E-state index in [0.717, 1.165) is 22.7 Å². The van der Waals surface area contributed by atoms with Gasteiger partial charge in [-0.3, -0.25) is 14.4 Å². The average molecular weight is 464 g/mol. The van der Waals surface area contributed by atoms with Crippen LogP contribution in [-0.2, 0) is 14.4 Å². The zero-order chi connectivity index (χ0) is 23.1. The van der Waals surface area contributed by atoms with E-state index in [0.29, 0.717) is 16.3 Å². The predicted molar refractivity (Wildman–Crippen MR) is 124 cm³/mol. The Morgan fingerprint density at radius 1 is 1.15 bits per heavy atom. The molecule has 2 aliphatic carbocycles. The summed E-state index contributed by atoms with van der Waals surface area (Å²) in [7, 11) is 0. The fourth-order valence-corrected chi connectivity index (χ4v) is 5.13. The highest BCUT2D eigenvalue weighted by Gasteiger charge is 2.59. The molecule has 2 aromatic carbocycles. The molecule has 4 atom stereocenters. The summed E-state index contributed by atoms with van der Waals surface area (Å²) in [6.07, 6.45) is 6.41. The number of anilines is 1. The maximum absolute atomic E-state index is 12.7. The van der Waals surface area contributed by atoms with Crippen molar-refractivity contribution in [2.75, 3.05) is 11.9 Å². The summed E-state index contributed by atoms with van der Waals surface area (Å²) in [4.78, 5) is 37.6. The smallest absolute Gasteiger partial charge is 0.262 e. The number of halogens is 1. The zero-order valence-electron chi connectivity index (χ0n) is 17.9. The second-order valence-corrected chi connectivity index (χ2v) is 8.98. The highest BCUT2D eigenvalue weighted by molar-refractivity contribution is 6.32. The van der Waals surface area contributed by atoms with Crippen molar-refractivity contribution in [2.45, 2.75) is 13.3 Å². The van der Waals surface area contributed by atoms with Crippen LogP contribution in [0, 0.1) is 30.6 Å². The molecule has 1 saturated heterocycles. The second-order valence-electron chi connectivity index (χ2n) is 8.57. The minimum absolute atomic E-state index is 0.144. The summed E-state index contributed by atoms with van der Waals surface area (Å²) >= 11 is 6.30. The highest BCUT2D eigenvalue weighted by Crippen LogP contribution is 2.52. The summed E-state index contributed by atoms with van der Waals surface area (Å²) in [5, 5.41) is 8.24. The number of benzene rings is 2. The predicted octanol–water partition coefficient (Wildman–Crippen LogP) is 3.81. The van der Waals surface area contributed by atoms with Gasteiger partial charge in [0.25, 0.3) is 17.7 Å². The number of imide groups is 1. The van der Waals surface area contributed by atoms with E-state index in [1.807, 2.05) is 43.3 Å². The summed E-state index contributed by atoms with van der Waals surface area (Å²) in [6.45, 7) is 1.71. The summed E-state index contributed by atoms with van der Waals surface area (Å²) in [6, 6.07) is 12.4. The van der Waals surface area contributed by atoms with E-state index in [4.69, 9.17) is 16.3 Å². The number of amides is 3. The summed E-state index contributed by atoms with van der Waals surface area (Å²) in [5.74, 6) is -0.696. The average Bonchev–Trinajstić information content (AvgIpc) is 3.47. The number of carbonyl (C=O) groups is 3.